The molecule has 1 aliphatic rings. The van der Waals surface area contributed by atoms with Crippen LogP contribution in [0, 0.1) is 0 Å². The van der Waals surface area contributed by atoms with Gasteiger partial charge in [-0.2, -0.15) is 0 Å². The first-order valence-electron chi connectivity index (χ1n) is 7.96. The zero-order valence-electron chi connectivity index (χ0n) is 13.9. The fourth-order valence-electron chi connectivity index (χ4n) is 3.23. The van der Waals surface area contributed by atoms with Crippen LogP contribution in [0.1, 0.15) is 0 Å². The molecule has 0 bridgehead atoms. The third-order valence-electron chi connectivity index (χ3n) is 4.52. The highest BCUT2D eigenvalue weighted by molar-refractivity contribution is 7.77. The highest BCUT2D eigenvalue weighted by Crippen LogP contribution is 2.57. The molecule has 3 rings (SSSR count). The molecule has 2 aromatic rings. The van der Waals surface area contributed by atoms with E-state index in [1.807, 2.05) is 18.2 Å². The van der Waals surface area contributed by atoms with E-state index in [-0.39, 0.29) is 4.78 Å². The van der Waals surface area contributed by atoms with E-state index in [4.69, 9.17) is 0 Å². The van der Waals surface area contributed by atoms with Gasteiger partial charge in [-0.3, -0.25) is 0 Å². The van der Waals surface area contributed by atoms with Crippen molar-refractivity contribution in [1.29, 1.82) is 0 Å². The Balaban J connectivity index is 2.27. The summed E-state index contributed by atoms with van der Waals surface area (Å²) >= 11 is 0. The molecule has 118 valence electrons. The fraction of sp³-hybridized carbons (Fsp3) is 0.200. The second-order valence-electron chi connectivity index (χ2n) is 6.95. The second kappa shape index (κ2) is 6.11. The lowest BCUT2D eigenvalue weighted by Crippen LogP contribution is -2.50. The van der Waals surface area contributed by atoms with Gasteiger partial charge in [0.1, 0.15) is 5.75 Å². The molecule has 0 saturated carbocycles. The first kappa shape index (κ1) is 16.2. The molecule has 2 aromatic carbocycles. The van der Waals surface area contributed by atoms with Gasteiger partial charge in [-0.25, -0.2) is 0 Å². The number of aromatic hydroxyl groups is 1. The molecule has 0 spiro atoms. The van der Waals surface area contributed by atoms with Crippen molar-refractivity contribution < 1.29 is 5.11 Å². The highest BCUT2D eigenvalue weighted by Gasteiger charge is 2.48. The summed E-state index contributed by atoms with van der Waals surface area (Å²) in [4.78, 5) is 0. The molecule has 1 atom stereocenters. The van der Waals surface area contributed by atoms with Crippen molar-refractivity contribution in [3.8, 4) is 5.75 Å². The van der Waals surface area contributed by atoms with Crippen LogP contribution in [0.3, 0.4) is 0 Å². The maximum absolute atomic E-state index is 10.6. The third kappa shape index (κ3) is 2.82. The van der Waals surface area contributed by atoms with Crippen LogP contribution in [0.15, 0.2) is 78.9 Å². The Kier molecular flexibility index (Phi) is 4.31. The van der Waals surface area contributed by atoms with Crippen LogP contribution in [-0.2, 0) is 0 Å². The van der Waals surface area contributed by atoms with Crippen molar-refractivity contribution in [2.75, 3.05) is 0 Å². The summed E-state index contributed by atoms with van der Waals surface area (Å²) in [7, 11) is -2.29. The lowest BCUT2D eigenvalue weighted by molar-refractivity contribution is 0.479. The molecule has 0 amide bonds. The van der Waals surface area contributed by atoms with Gasteiger partial charge in [0.25, 0.3) is 0 Å². The van der Waals surface area contributed by atoms with Gasteiger partial charge in [0.05, 0.1) is 8.07 Å². The molecule has 0 fully saturated rings. The number of phenols is 1. The number of phenolic OH excluding ortho intramolecular Hbond substituents is 1. The molecule has 0 aromatic heterocycles. The molecule has 3 heteroatoms. The minimum Gasteiger partial charge on any atom is -0.507 e. The normalized spacial score (nSPS) is 17.3. The minimum atomic E-state index is -1.58. The average Bonchev–Trinajstić information content (AvgIpc) is 3.01. The Morgan fingerprint density at radius 2 is 1.39 bits per heavy atom. The maximum Gasteiger partial charge on any atom is 0.123 e. The zero-order chi connectivity index (χ0) is 16.5. The molecule has 0 heterocycles. The van der Waals surface area contributed by atoms with Gasteiger partial charge in [0, 0.05) is 10.1 Å². The molecule has 23 heavy (non-hydrogen) atoms. The van der Waals surface area contributed by atoms with E-state index < -0.39 is 16.0 Å². The highest BCUT2D eigenvalue weighted by atomic mass is 31.1. The summed E-state index contributed by atoms with van der Waals surface area (Å²) in [5.74, 6) is 0.411. The summed E-state index contributed by atoms with van der Waals surface area (Å²) in [6.45, 7) is 7.27. The molecule has 1 N–H and O–H groups in total. The first-order valence-corrected chi connectivity index (χ1v) is 12.8. The molecule has 1 unspecified atom stereocenters. The summed E-state index contributed by atoms with van der Waals surface area (Å²) in [5.41, 5.74) is 0. The Hall–Kier alpha value is -1.63. The van der Waals surface area contributed by atoms with Gasteiger partial charge in [-0.1, -0.05) is 92.5 Å². The van der Waals surface area contributed by atoms with Crippen LogP contribution in [0.2, 0.25) is 19.6 Å². The average molecular weight is 338 g/mol. The molecule has 0 saturated heterocycles. The number of hydrogen-bond donors (Lipinski definition) is 1. The zero-order valence-corrected chi connectivity index (χ0v) is 15.8. The van der Waals surface area contributed by atoms with Gasteiger partial charge in [-0.05, 0) is 19.3 Å². The predicted molar refractivity (Wildman–Crippen MR) is 105 cm³/mol. The van der Waals surface area contributed by atoms with Crippen molar-refractivity contribution in [1.82, 2.24) is 0 Å². The van der Waals surface area contributed by atoms with E-state index >= 15 is 0 Å². The van der Waals surface area contributed by atoms with Gasteiger partial charge >= 0.3 is 0 Å². The molecule has 1 nitrogen and oxygen atoms in total. The predicted octanol–water partition coefficient (Wildman–Crippen LogP) is 4.57. The van der Waals surface area contributed by atoms with Crippen LogP contribution >= 0.6 is 7.92 Å². The molecule has 1 aliphatic carbocycles. The van der Waals surface area contributed by atoms with E-state index in [9.17, 15) is 5.11 Å². The Morgan fingerprint density at radius 1 is 0.826 bits per heavy atom. The van der Waals surface area contributed by atoms with Gasteiger partial charge in [0.15, 0.2) is 0 Å². The first-order chi connectivity index (χ1) is 11.0. The quantitative estimate of drug-likeness (QED) is 0.640. The maximum atomic E-state index is 10.6. The number of allylic oxidation sites excluding steroid dienone is 4. The van der Waals surface area contributed by atoms with Crippen molar-refractivity contribution in [3.05, 3.63) is 78.9 Å². The molecule has 0 aliphatic heterocycles. The van der Waals surface area contributed by atoms with E-state index in [0.717, 1.165) is 5.30 Å². The largest absolute Gasteiger partial charge is 0.507 e. The van der Waals surface area contributed by atoms with E-state index in [1.54, 1.807) is 0 Å². The summed E-state index contributed by atoms with van der Waals surface area (Å²) < 4.78 is 0.0303. The van der Waals surface area contributed by atoms with Gasteiger partial charge < -0.3 is 5.11 Å². The van der Waals surface area contributed by atoms with E-state index in [2.05, 4.69) is 80.3 Å². The number of benzene rings is 2. The van der Waals surface area contributed by atoms with Crippen LogP contribution in [0.4, 0.5) is 0 Å². The van der Waals surface area contributed by atoms with E-state index in [1.165, 1.54) is 5.30 Å². The van der Waals surface area contributed by atoms with E-state index in [0.29, 0.717) is 5.75 Å². The third-order valence-corrected chi connectivity index (χ3v) is 12.7. The Labute approximate surface area is 141 Å². The number of para-hydroxylation sites is 1. The lowest BCUT2D eigenvalue weighted by Gasteiger charge is -2.45. The van der Waals surface area contributed by atoms with Gasteiger partial charge in [-0.15, -0.1) is 0 Å². The van der Waals surface area contributed by atoms with Crippen LogP contribution in [-0.4, -0.2) is 18.0 Å². The Bertz CT molecular complexity index is 732. The number of rotatable bonds is 4. The number of hydrogen-bond acceptors (Lipinski definition) is 1. The smallest absolute Gasteiger partial charge is 0.123 e. The van der Waals surface area contributed by atoms with Crippen molar-refractivity contribution in [2.24, 2.45) is 0 Å². The molecule has 0 radical (unpaired) electrons. The summed E-state index contributed by atoms with van der Waals surface area (Å²) in [6, 6.07) is 18.5. The molecular formula is C20H23OPSi. The topological polar surface area (TPSA) is 20.2 Å². The summed E-state index contributed by atoms with van der Waals surface area (Å²) in [6.07, 6.45) is 9.11. The standard InChI is InChI=1S/C20H23OPSi/c1-23(2,3)20(15-9-10-16-20)22(17-11-5-4-6-12-17)19-14-8-7-13-18(19)21/h4-16,21H,1-3H3. The minimum absolute atomic E-state index is 0.0303. The second-order valence-corrected chi connectivity index (χ2v) is 15.1. The monoisotopic (exact) mass is 338 g/mol. The van der Waals surface area contributed by atoms with Crippen molar-refractivity contribution in [2.45, 2.75) is 24.4 Å². The SMILES string of the molecule is C[Si](C)(C)C1(P(c2ccccc2)c2ccccc2O)C=CC=C1. The van der Waals surface area contributed by atoms with Crippen LogP contribution in [0.5, 0.6) is 5.75 Å². The Morgan fingerprint density at radius 3 is 1.96 bits per heavy atom. The van der Waals surface area contributed by atoms with Crippen LogP contribution < -0.4 is 10.6 Å². The summed E-state index contributed by atoms with van der Waals surface area (Å²) in [5, 5.41) is 13.0. The van der Waals surface area contributed by atoms with Gasteiger partial charge in [0.2, 0.25) is 0 Å². The lowest BCUT2D eigenvalue weighted by atomic mass is 10.3. The van der Waals surface area contributed by atoms with Crippen molar-refractivity contribution >= 4 is 26.6 Å². The molecular weight excluding hydrogens is 315 g/mol. The van der Waals surface area contributed by atoms with Crippen LogP contribution in [0.25, 0.3) is 0 Å². The van der Waals surface area contributed by atoms with Crippen molar-refractivity contribution in [3.63, 3.8) is 0 Å². The fourth-order valence-corrected chi connectivity index (χ4v) is 10.4.